The van der Waals surface area contributed by atoms with Crippen molar-refractivity contribution >= 4 is 5.95 Å². The van der Waals surface area contributed by atoms with Gasteiger partial charge in [0.05, 0.1) is 19.9 Å². The zero-order valence-corrected chi connectivity index (χ0v) is 13.7. The van der Waals surface area contributed by atoms with Crippen molar-refractivity contribution in [1.82, 2.24) is 25.0 Å². The largest absolute Gasteiger partial charge is 0.481 e. The Morgan fingerprint density at radius 3 is 2.91 bits per heavy atom. The molecule has 1 N–H and O–H groups in total. The summed E-state index contributed by atoms with van der Waals surface area (Å²) in [6, 6.07) is 1.91. The lowest BCUT2D eigenvalue weighted by Gasteiger charge is -2.37. The summed E-state index contributed by atoms with van der Waals surface area (Å²) < 4.78 is 6.90. The third kappa shape index (κ3) is 3.12. The quantitative estimate of drug-likeness (QED) is 0.904. The van der Waals surface area contributed by atoms with Crippen molar-refractivity contribution in [2.45, 2.75) is 38.3 Å². The van der Waals surface area contributed by atoms with Crippen molar-refractivity contribution in [2.75, 3.05) is 25.1 Å². The fraction of sp³-hybridized carbons (Fsp3) is 0.600. The Hall–Kier alpha value is -2.22. The molecule has 1 fully saturated rings. The third-order valence-electron chi connectivity index (χ3n) is 4.10. The maximum absolute atomic E-state index is 11.1. The average molecular weight is 318 g/mol. The Balaban J connectivity index is 1.83. The molecule has 124 valence electrons. The fourth-order valence-corrected chi connectivity index (χ4v) is 2.76. The number of methoxy groups -OCH3 is 1. The lowest BCUT2D eigenvalue weighted by Crippen LogP contribution is -2.47. The number of aliphatic hydroxyl groups is 1. The average Bonchev–Trinajstić information content (AvgIpc) is 3.06. The van der Waals surface area contributed by atoms with Crippen LogP contribution in [0.15, 0.2) is 18.5 Å². The van der Waals surface area contributed by atoms with E-state index in [1.807, 2.05) is 24.9 Å². The molecule has 0 bridgehead atoms. The molecule has 0 aromatic carbocycles. The highest BCUT2D eigenvalue weighted by Gasteiger charge is 2.38. The molecule has 8 heteroatoms. The van der Waals surface area contributed by atoms with Gasteiger partial charge in [0.15, 0.2) is 0 Å². The van der Waals surface area contributed by atoms with E-state index in [2.05, 4.69) is 20.3 Å². The van der Waals surface area contributed by atoms with Crippen molar-refractivity contribution in [1.29, 1.82) is 0 Å². The smallest absolute Gasteiger partial charge is 0.228 e. The molecule has 1 aliphatic heterocycles. The normalized spacial score (nSPS) is 21.7. The van der Waals surface area contributed by atoms with Gasteiger partial charge in [0.25, 0.3) is 0 Å². The van der Waals surface area contributed by atoms with Gasteiger partial charge >= 0.3 is 0 Å². The molecule has 2 aromatic rings. The summed E-state index contributed by atoms with van der Waals surface area (Å²) in [5, 5.41) is 19.3. The summed E-state index contributed by atoms with van der Waals surface area (Å²) in [5.41, 5.74) is -0.448. The van der Waals surface area contributed by atoms with Crippen LogP contribution in [0.25, 0.3) is 0 Å². The van der Waals surface area contributed by atoms with Crippen LogP contribution in [-0.2, 0) is 5.60 Å². The zero-order valence-electron chi connectivity index (χ0n) is 13.7. The van der Waals surface area contributed by atoms with E-state index in [0.717, 1.165) is 13.0 Å². The van der Waals surface area contributed by atoms with Crippen LogP contribution in [0.2, 0.25) is 0 Å². The molecule has 0 unspecified atom stereocenters. The highest BCUT2D eigenvalue weighted by Crippen LogP contribution is 2.32. The predicted octanol–water partition coefficient (Wildman–Crippen LogP) is 1.15. The Morgan fingerprint density at radius 1 is 1.39 bits per heavy atom. The first-order chi connectivity index (χ1) is 11.0. The van der Waals surface area contributed by atoms with Crippen LogP contribution in [0.3, 0.4) is 0 Å². The van der Waals surface area contributed by atoms with E-state index in [4.69, 9.17) is 4.74 Å². The Kier molecular flexibility index (Phi) is 4.16. The number of aromatic nitrogens is 5. The minimum Gasteiger partial charge on any atom is -0.481 e. The number of nitrogens with zero attached hydrogens (tertiary/aromatic N) is 6. The van der Waals surface area contributed by atoms with Crippen molar-refractivity contribution in [3.8, 4) is 5.88 Å². The number of anilines is 1. The lowest BCUT2D eigenvalue weighted by atomic mass is 9.90. The number of hydrogen-bond donors (Lipinski definition) is 1. The zero-order chi connectivity index (χ0) is 16.4. The molecule has 1 aliphatic rings. The monoisotopic (exact) mass is 318 g/mol. The molecule has 23 heavy (non-hydrogen) atoms. The van der Waals surface area contributed by atoms with Crippen LogP contribution in [0.4, 0.5) is 5.95 Å². The van der Waals surface area contributed by atoms with Crippen LogP contribution in [-0.4, -0.2) is 50.3 Å². The van der Waals surface area contributed by atoms with Crippen LogP contribution in [0, 0.1) is 0 Å². The molecule has 0 radical (unpaired) electrons. The molecule has 0 saturated carbocycles. The van der Waals surface area contributed by atoms with Gasteiger partial charge in [-0.2, -0.15) is 4.98 Å². The first-order valence-corrected chi connectivity index (χ1v) is 7.78. The maximum atomic E-state index is 11.1. The number of hydrogen-bond acceptors (Lipinski definition) is 7. The van der Waals surface area contributed by atoms with E-state index in [1.165, 1.54) is 0 Å². The van der Waals surface area contributed by atoms with Gasteiger partial charge in [-0.3, -0.25) is 0 Å². The van der Waals surface area contributed by atoms with Gasteiger partial charge in [-0.25, -0.2) is 9.67 Å². The van der Waals surface area contributed by atoms with Crippen molar-refractivity contribution in [3.05, 3.63) is 24.2 Å². The van der Waals surface area contributed by atoms with Crippen LogP contribution in [0.1, 0.15) is 38.4 Å². The summed E-state index contributed by atoms with van der Waals surface area (Å²) in [5.74, 6) is 1.06. The highest BCUT2D eigenvalue weighted by molar-refractivity contribution is 5.34. The second-order valence-corrected chi connectivity index (χ2v) is 6.13. The van der Waals surface area contributed by atoms with Crippen molar-refractivity contribution in [3.63, 3.8) is 0 Å². The van der Waals surface area contributed by atoms with Crippen LogP contribution >= 0.6 is 0 Å². The summed E-state index contributed by atoms with van der Waals surface area (Å²) in [7, 11) is 1.57. The van der Waals surface area contributed by atoms with Crippen molar-refractivity contribution in [2.24, 2.45) is 0 Å². The van der Waals surface area contributed by atoms with E-state index in [0.29, 0.717) is 30.5 Å². The summed E-state index contributed by atoms with van der Waals surface area (Å²) >= 11 is 0. The minimum atomic E-state index is -1.04. The lowest BCUT2D eigenvalue weighted by molar-refractivity contribution is 0.0172. The summed E-state index contributed by atoms with van der Waals surface area (Å²) in [6.45, 7) is 5.23. The van der Waals surface area contributed by atoms with Gasteiger partial charge in [-0.15, -0.1) is 5.10 Å². The standard InChI is InChI=1S/C15H22N6O2/c1-11(2)21-9-12(18-19-21)15(22)6-4-8-20(10-15)14-16-7-5-13(17-14)23-3/h5,7,9,11,22H,4,6,8,10H2,1-3H3/t15-/m1/s1. The van der Waals surface area contributed by atoms with Crippen LogP contribution < -0.4 is 9.64 Å². The van der Waals surface area contributed by atoms with Gasteiger partial charge in [0, 0.05) is 24.8 Å². The summed E-state index contributed by atoms with van der Waals surface area (Å²) in [6.07, 6.45) is 4.94. The molecular weight excluding hydrogens is 296 g/mol. The fourth-order valence-electron chi connectivity index (χ4n) is 2.76. The highest BCUT2D eigenvalue weighted by atomic mass is 16.5. The molecule has 1 atom stereocenters. The van der Waals surface area contributed by atoms with Gasteiger partial charge in [0.2, 0.25) is 11.8 Å². The van der Waals surface area contributed by atoms with E-state index < -0.39 is 5.60 Å². The Labute approximate surface area is 135 Å². The Bertz CT molecular complexity index is 673. The van der Waals surface area contributed by atoms with E-state index in [-0.39, 0.29) is 6.04 Å². The van der Waals surface area contributed by atoms with E-state index >= 15 is 0 Å². The van der Waals surface area contributed by atoms with Gasteiger partial charge in [0.1, 0.15) is 11.3 Å². The SMILES string of the molecule is COc1ccnc(N2CCC[C@](O)(c3cn(C(C)C)nn3)C2)n1. The maximum Gasteiger partial charge on any atom is 0.228 e. The molecule has 1 saturated heterocycles. The van der Waals surface area contributed by atoms with Gasteiger partial charge in [-0.05, 0) is 26.7 Å². The number of rotatable bonds is 4. The molecule has 8 nitrogen and oxygen atoms in total. The van der Waals surface area contributed by atoms with Gasteiger partial charge in [-0.1, -0.05) is 5.21 Å². The first-order valence-electron chi connectivity index (χ1n) is 7.78. The third-order valence-corrected chi connectivity index (χ3v) is 4.10. The Morgan fingerprint density at radius 2 is 2.22 bits per heavy atom. The van der Waals surface area contributed by atoms with E-state index in [9.17, 15) is 5.11 Å². The van der Waals surface area contributed by atoms with E-state index in [1.54, 1.807) is 24.1 Å². The molecule has 0 spiro atoms. The molecular formula is C15H22N6O2. The minimum absolute atomic E-state index is 0.210. The predicted molar refractivity (Wildman–Crippen MR) is 84.3 cm³/mol. The number of piperidine rings is 1. The molecule has 0 aliphatic carbocycles. The van der Waals surface area contributed by atoms with Crippen molar-refractivity contribution < 1.29 is 9.84 Å². The van der Waals surface area contributed by atoms with Crippen LogP contribution in [0.5, 0.6) is 5.88 Å². The number of ether oxygens (including phenoxy) is 1. The second kappa shape index (κ2) is 6.11. The van der Waals surface area contributed by atoms with Gasteiger partial charge < -0.3 is 14.7 Å². The molecule has 0 amide bonds. The molecule has 3 heterocycles. The first kappa shape index (κ1) is 15.7. The number of β-amino-alcohol motifs (C(OH)–C–C–N with tert-alkyl or cyclic N) is 1. The molecule has 2 aromatic heterocycles. The molecule has 3 rings (SSSR count). The second-order valence-electron chi connectivity index (χ2n) is 6.13. The summed E-state index contributed by atoms with van der Waals surface area (Å²) in [4.78, 5) is 10.6. The topological polar surface area (TPSA) is 89.2 Å².